The lowest BCUT2D eigenvalue weighted by Gasteiger charge is -2.34. The number of aliphatic carboxylic acids is 1. The normalized spacial score (nSPS) is 18.3. The maximum absolute atomic E-state index is 12.5. The highest BCUT2D eigenvalue weighted by atomic mass is 32.2. The van der Waals surface area contributed by atoms with Gasteiger partial charge in [-0.05, 0) is 31.4 Å². The van der Waals surface area contributed by atoms with Crippen LogP contribution in [-0.2, 0) is 16.0 Å². The van der Waals surface area contributed by atoms with Crippen molar-refractivity contribution in [2.24, 2.45) is 0 Å². The molecule has 0 spiro atoms. The molecule has 0 bridgehead atoms. The van der Waals surface area contributed by atoms with Crippen molar-refractivity contribution in [2.45, 2.75) is 39.2 Å². The van der Waals surface area contributed by atoms with Crippen molar-refractivity contribution in [1.29, 1.82) is 0 Å². The summed E-state index contributed by atoms with van der Waals surface area (Å²) in [5, 5.41) is 8.99. The van der Waals surface area contributed by atoms with Crippen molar-refractivity contribution in [3.63, 3.8) is 0 Å². The minimum Gasteiger partial charge on any atom is -0.481 e. The summed E-state index contributed by atoms with van der Waals surface area (Å²) in [6, 6.07) is 6.11. The number of hydrogen-bond donors (Lipinski definition) is 1. The molecule has 1 N–H and O–H groups in total. The number of thioether (sulfide) groups is 1. The van der Waals surface area contributed by atoms with Crippen molar-refractivity contribution in [2.75, 3.05) is 18.1 Å². The molecule has 1 aromatic carbocycles. The largest absolute Gasteiger partial charge is 0.481 e. The molecule has 0 saturated carbocycles. The smallest absolute Gasteiger partial charge is 0.305 e. The first-order valence-corrected chi connectivity index (χ1v) is 8.78. The van der Waals surface area contributed by atoms with E-state index in [1.54, 1.807) is 16.7 Å². The van der Waals surface area contributed by atoms with E-state index in [9.17, 15) is 9.59 Å². The molecular formula is C17H23NO3S. The molecule has 0 aliphatic carbocycles. The highest BCUT2D eigenvalue weighted by Crippen LogP contribution is 2.21. The van der Waals surface area contributed by atoms with Crippen LogP contribution in [0.25, 0.3) is 0 Å². The number of aryl methyl sites for hydroxylation is 3. The van der Waals surface area contributed by atoms with Gasteiger partial charge >= 0.3 is 5.97 Å². The van der Waals surface area contributed by atoms with E-state index in [1.165, 1.54) is 16.7 Å². The second-order valence-electron chi connectivity index (χ2n) is 5.84. The molecule has 4 nitrogen and oxygen atoms in total. The average molecular weight is 321 g/mol. The number of amides is 1. The first kappa shape index (κ1) is 16.9. The SMILES string of the molecule is Cc1ccc(CCC(=O)N2CCSCC2CC(=O)O)c(C)c1. The van der Waals surface area contributed by atoms with Gasteiger partial charge in [-0.25, -0.2) is 0 Å². The molecule has 1 aliphatic rings. The summed E-state index contributed by atoms with van der Waals surface area (Å²) in [5.74, 6) is 0.860. The number of carboxylic acid groups (broad SMARTS) is 1. The van der Waals surface area contributed by atoms with Gasteiger partial charge in [0.05, 0.1) is 12.5 Å². The summed E-state index contributed by atoms with van der Waals surface area (Å²) in [6.07, 6.45) is 1.21. The molecule has 0 radical (unpaired) electrons. The van der Waals surface area contributed by atoms with Crippen LogP contribution in [-0.4, -0.2) is 46.0 Å². The highest BCUT2D eigenvalue weighted by Gasteiger charge is 2.28. The van der Waals surface area contributed by atoms with Gasteiger partial charge in [-0.15, -0.1) is 0 Å². The number of carbonyl (C=O) groups excluding carboxylic acids is 1. The van der Waals surface area contributed by atoms with Crippen molar-refractivity contribution in [1.82, 2.24) is 4.90 Å². The Bertz CT molecular complexity index is 559. The molecule has 5 heteroatoms. The molecule has 120 valence electrons. The van der Waals surface area contributed by atoms with Crippen LogP contribution in [0, 0.1) is 13.8 Å². The third-order valence-electron chi connectivity index (χ3n) is 4.06. The second-order valence-corrected chi connectivity index (χ2v) is 6.99. The van der Waals surface area contributed by atoms with Gasteiger partial charge in [0.2, 0.25) is 5.91 Å². The molecule has 1 atom stereocenters. The zero-order chi connectivity index (χ0) is 16.1. The molecule has 1 amide bonds. The van der Waals surface area contributed by atoms with Crippen molar-refractivity contribution >= 4 is 23.6 Å². The maximum atomic E-state index is 12.5. The van der Waals surface area contributed by atoms with E-state index in [0.717, 1.165) is 11.5 Å². The quantitative estimate of drug-likeness (QED) is 0.906. The van der Waals surface area contributed by atoms with E-state index in [0.29, 0.717) is 19.4 Å². The Morgan fingerprint density at radius 1 is 1.36 bits per heavy atom. The Kier molecular flexibility index (Phi) is 5.89. The minimum absolute atomic E-state index is 0.0439. The third-order valence-corrected chi connectivity index (χ3v) is 5.16. The van der Waals surface area contributed by atoms with Gasteiger partial charge in [0.25, 0.3) is 0 Å². The monoisotopic (exact) mass is 321 g/mol. The number of benzene rings is 1. The Balaban J connectivity index is 1.96. The Morgan fingerprint density at radius 2 is 2.14 bits per heavy atom. The fourth-order valence-electron chi connectivity index (χ4n) is 2.87. The van der Waals surface area contributed by atoms with E-state index in [4.69, 9.17) is 5.11 Å². The molecule has 1 saturated heterocycles. The average Bonchev–Trinajstić information content (AvgIpc) is 2.46. The van der Waals surface area contributed by atoms with Crippen LogP contribution in [0.3, 0.4) is 0 Å². The van der Waals surface area contributed by atoms with E-state index in [2.05, 4.69) is 32.0 Å². The summed E-state index contributed by atoms with van der Waals surface area (Å²) in [5.41, 5.74) is 3.63. The van der Waals surface area contributed by atoms with Crippen LogP contribution < -0.4 is 0 Å². The van der Waals surface area contributed by atoms with Gasteiger partial charge in [-0.2, -0.15) is 11.8 Å². The predicted molar refractivity (Wildman–Crippen MR) is 89.3 cm³/mol. The topological polar surface area (TPSA) is 57.6 Å². The highest BCUT2D eigenvalue weighted by molar-refractivity contribution is 7.99. The van der Waals surface area contributed by atoms with Gasteiger partial charge in [0, 0.05) is 24.5 Å². The molecule has 0 aromatic heterocycles. The summed E-state index contributed by atoms with van der Waals surface area (Å²) in [6.45, 7) is 4.79. The number of carboxylic acids is 1. The first-order valence-electron chi connectivity index (χ1n) is 7.62. The molecule has 1 unspecified atom stereocenters. The number of hydrogen-bond acceptors (Lipinski definition) is 3. The van der Waals surface area contributed by atoms with E-state index in [1.807, 2.05) is 0 Å². The van der Waals surface area contributed by atoms with E-state index < -0.39 is 5.97 Å². The van der Waals surface area contributed by atoms with Gasteiger partial charge < -0.3 is 10.0 Å². The maximum Gasteiger partial charge on any atom is 0.305 e. The Morgan fingerprint density at radius 3 is 2.82 bits per heavy atom. The number of carbonyl (C=O) groups is 2. The summed E-state index contributed by atoms with van der Waals surface area (Å²) in [4.78, 5) is 25.2. The van der Waals surface area contributed by atoms with Crippen molar-refractivity contribution in [3.8, 4) is 0 Å². The van der Waals surface area contributed by atoms with E-state index >= 15 is 0 Å². The third kappa shape index (κ3) is 4.50. The van der Waals surface area contributed by atoms with Crippen LogP contribution in [0.1, 0.15) is 29.5 Å². The molecule has 2 rings (SSSR count). The lowest BCUT2D eigenvalue weighted by Crippen LogP contribution is -2.47. The van der Waals surface area contributed by atoms with Gasteiger partial charge in [0.15, 0.2) is 0 Å². The molecule has 1 heterocycles. The summed E-state index contributed by atoms with van der Waals surface area (Å²) in [7, 11) is 0. The zero-order valence-electron chi connectivity index (χ0n) is 13.2. The minimum atomic E-state index is -0.834. The molecule has 1 fully saturated rings. The molecule has 1 aliphatic heterocycles. The molecule has 1 aromatic rings. The van der Waals surface area contributed by atoms with Crippen molar-refractivity contribution < 1.29 is 14.7 Å². The number of rotatable bonds is 5. The van der Waals surface area contributed by atoms with Gasteiger partial charge in [-0.1, -0.05) is 23.8 Å². The number of nitrogens with zero attached hydrogens (tertiary/aromatic N) is 1. The summed E-state index contributed by atoms with van der Waals surface area (Å²) < 4.78 is 0. The zero-order valence-corrected chi connectivity index (χ0v) is 14.0. The molecular weight excluding hydrogens is 298 g/mol. The van der Waals surface area contributed by atoms with Gasteiger partial charge in [0.1, 0.15) is 0 Å². The van der Waals surface area contributed by atoms with Crippen LogP contribution in [0.2, 0.25) is 0 Å². The Hall–Kier alpha value is -1.49. The lowest BCUT2D eigenvalue weighted by molar-refractivity contribution is -0.140. The second kappa shape index (κ2) is 7.68. The van der Waals surface area contributed by atoms with Crippen molar-refractivity contribution in [3.05, 3.63) is 34.9 Å². The fourth-order valence-corrected chi connectivity index (χ4v) is 3.93. The predicted octanol–water partition coefficient (Wildman–Crippen LogP) is 2.65. The van der Waals surface area contributed by atoms with Crippen LogP contribution in [0.4, 0.5) is 0 Å². The van der Waals surface area contributed by atoms with Crippen LogP contribution in [0.5, 0.6) is 0 Å². The summed E-state index contributed by atoms with van der Waals surface area (Å²) >= 11 is 1.73. The van der Waals surface area contributed by atoms with Gasteiger partial charge in [-0.3, -0.25) is 9.59 Å². The fraction of sp³-hybridized carbons (Fsp3) is 0.529. The standard InChI is InChI=1S/C17H23NO3S/c1-12-3-4-14(13(2)9-12)5-6-16(19)18-7-8-22-11-15(18)10-17(20)21/h3-4,9,15H,5-8,10-11H2,1-2H3,(H,20,21). The first-order chi connectivity index (χ1) is 10.5. The lowest BCUT2D eigenvalue weighted by atomic mass is 10.0. The molecule has 22 heavy (non-hydrogen) atoms. The Labute approximate surface area is 135 Å². The van der Waals surface area contributed by atoms with E-state index in [-0.39, 0.29) is 18.4 Å². The van der Waals surface area contributed by atoms with Crippen LogP contribution in [0.15, 0.2) is 18.2 Å². The van der Waals surface area contributed by atoms with Crippen LogP contribution >= 0.6 is 11.8 Å².